The smallest absolute Gasteiger partial charge is 0.236 e. The summed E-state index contributed by atoms with van der Waals surface area (Å²) < 4.78 is 10.7. The molecule has 0 saturated heterocycles. The molecule has 1 aromatic rings. The molecule has 0 spiro atoms. The van der Waals surface area contributed by atoms with E-state index in [2.05, 4.69) is 0 Å². The normalized spacial score (nSPS) is 10.4. The molecule has 5 nitrogen and oxygen atoms in total. The van der Waals surface area contributed by atoms with Crippen LogP contribution in [0.15, 0.2) is 24.3 Å². The van der Waals surface area contributed by atoms with Gasteiger partial charge in [-0.15, -0.1) is 0 Å². The molecule has 0 aromatic heterocycles. The van der Waals surface area contributed by atoms with Crippen LogP contribution in [0.1, 0.15) is 6.92 Å². The van der Waals surface area contributed by atoms with Crippen LogP contribution >= 0.6 is 0 Å². The highest BCUT2D eigenvalue weighted by Crippen LogP contribution is 2.16. The Kier molecular flexibility index (Phi) is 6.87. The number of methoxy groups -OCH3 is 1. The van der Waals surface area contributed by atoms with Gasteiger partial charge in [-0.25, -0.2) is 0 Å². The van der Waals surface area contributed by atoms with Crippen LogP contribution in [0, 0.1) is 0 Å². The van der Waals surface area contributed by atoms with Crippen LogP contribution in [-0.4, -0.2) is 63.2 Å². The topological polar surface area (TPSA) is 42.0 Å². The van der Waals surface area contributed by atoms with Gasteiger partial charge in [0.15, 0.2) is 0 Å². The van der Waals surface area contributed by atoms with Gasteiger partial charge < -0.3 is 19.3 Å². The van der Waals surface area contributed by atoms with Gasteiger partial charge in [-0.2, -0.15) is 0 Å². The van der Waals surface area contributed by atoms with Crippen LogP contribution in [0.3, 0.4) is 0 Å². The number of nitrogens with zero attached hydrogens (tertiary/aromatic N) is 2. The van der Waals surface area contributed by atoms with Crippen molar-refractivity contribution >= 4 is 5.91 Å². The van der Waals surface area contributed by atoms with Gasteiger partial charge in [-0.1, -0.05) is 0 Å². The van der Waals surface area contributed by atoms with E-state index in [1.165, 1.54) is 0 Å². The van der Waals surface area contributed by atoms with Gasteiger partial charge in [-0.3, -0.25) is 4.79 Å². The molecule has 0 N–H and O–H groups in total. The molecule has 0 bridgehead atoms. The van der Waals surface area contributed by atoms with Crippen molar-refractivity contribution in [3.8, 4) is 11.5 Å². The van der Waals surface area contributed by atoms with E-state index < -0.39 is 0 Å². The van der Waals surface area contributed by atoms with Gasteiger partial charge >= 0.3 is 0 Å². The molecule has 1 rings (SSSR count). The molecule has 0 heterocycles. The minimum Gasteiger partial charge on any atom is -0.497 e. The Morgan fingerprint density at radius 3 is 2.25 bits per heavy atom. The van der Waals surface area contributed by atoms with E-state index >= 15 is 0 Å². The number of rotatable bonds is 8. The lowest BCUT2D eigenvalue weighted by Crippen LogP contribution is -2.39. The first-order valence-electron chi connectivity index (χ1n) is 6.76. The highest BCUT2D eigenvalue weighted by Gasteiger charge is 2.12. The molecule has 0 unspecified atom stereocenters. The van der Waals surface area contributed by atoms with Crippen molar-refractivity contribution in [2.75, 3.05) is 47.4 Å². The predicted molar refractivity (Wildman–Crippen MR) is 79.3 cm³/mol. The number of carbonyl (C=O) groups is 1. The summed E-state index contributed by atoms with van der Waals surface area (Å²) in [5.41, 5.74) is 0. The largest absolute Gasteiger partial charge is 0.497 e. The van der Waals surface area contributed by atoms with E-state index in [1.54, 1.807) is 12.0 Å². The number of hydrogen-bond donors (Lipinski definition) is 0. The minimum atomic E-state index is 0.121. The van der Waals surface area contributed by atoms with E-state index in [9.17, 15) is 4.79 Å². The monoisotopic (exact) mass is 280 g/mol. The molecule has 0 saturated carbocycles. The number of carbonyl (C=O) groups excluding carboxylic acids is 1. The Labute approximate surface area is 121 Å². The molecule has 0 aliphatic heterocycles. The third-order valence-electron chi connectivity index (χ3n) is 2.88. The van der Waals surface area contributed by atoms with Gasteiger partial charge in [0, 0.05) is 6.54 Å². The van der Waals surface area contributed by atoms with Crippen LogP contribution in [0.2, 0.25) is 0 Å². The van der Waals surface area contributed by atoms with Gasteiger partial charge in [-0.05, 0) is 45.3 Å². The summed E-state index contributed by atoms with van der Waals surface area (Å²) in [5.74, 6) is 1.70. The van der Waals surface area contributed by atoms with E-state index in [-0.39, 0.29) is 5.91 Å². The molecule has 1 amide bonds. The Hall–Kier alpha value is -1.75. The average Bonchev–Trinajstić information content (AvgIpc) is 2.43. The summed E-state index contributed by atoms with van der Waals surface area (Å²) in [6.07, 6.45) is 0. The van der Waals surface area contributed by atoms with Crippen LogP contribution < -0.4 is 9.47 Å². The first kappa shape index (κ1) is 16.3. The molecule has 0 aliphatic carbocycles. The zero-order valence-corrected chi connectivity index (χ0v) is 12.8. The number of ether oxygens (including phenoxy) is 2. The highest BCUT2D eigenvalue weighted by atomic mass is 16.5. The fraction of sp³-hybridized carbons (Fsp3) is 0.533. The Morgan fingerprint density at radius 1 is 1.15 bits per heavy atom. The maximum absolute atomic E-state index is 11.9. The second-order valence-electron chi connectivity index (χ2n) is 4.74. The first-order valence-corrected chi connectivity index (χ1v) is 6.76. The van der Waals surface area contributed by atoms with Crippen molar-refractivity contribution in [3.63, 3.8) is 0 Å². The zero-order valence-electron chi connectivity index (χ0n) is 12.8. The molecule has 0 aliphatic rings. The van der Waals surface area contributed by atoms with Crippen LogP contribution in [-0.2, 0) is 4.79 Å². The van der Waals surface area contributed by atoms with Crippen molar-refractivity contribution < 1.29 is 14.3 Å². The third kappa shape index (κ3) is 5.48. The molecule has 112 valence electrons. The lowest BCUT2D eigenvalue weighted by Gasteiger charge is -2.22. The van der Waals surface area contributed by atoms with E-state index in [1.807, 2.05) is 50.2 Å². The van der Waals surface area contributed by atoms with Gasteiger partial charge in [0.2, 0.25) is 5.91 Å². The molecular formula is C15H24N2O3. The number of amides is 1. The molecular weight excluding hydrogens is 256 g/mol. The first-order chi connectivity index (χ1) is 9.56. The van der Waals surface area contributed by atoms with Crippen molar-refractivity contribution in [1.29, 1.82) is 0 Å². The summed E-state index contributed by atoms with van der Waals surface area (Å²) in [6, 6.07) is 7.42. The quantitative estimate of drug-likeness (QED) is 0.723. The van der Waals surface area contributed by atoms with E-state index in [4.69, 9.17) is 9.47 Å². The predicted octanol–water partition coefficient (Wildman–Crippen LogP) is 1.48. The summed E-state index contributed by atoms with van der Waals surface area (Å²) >= 11 is 0. The molecule has 1 aromatic carbocycles. The Bertz CT molecular complexity index is 404. The lowest BCUT2D eigenvalue weighted by molar-refractivity contribution is -0.132. The van der Waals surface area contributed by atoms with Crippen molar-refractivity contribution in [3.05, 3.63) is 24.3 Å². The second-order valence-corrected chi connectivity index (χ2v) is 4.74. The molecule has 5 heteroatoms. The van der Waals surface area contributed by atoms with Crippen LogP contribution in [0.5, 0.6) is 11.5 Å². The second kappa shape index (κ2) is 8.43. The number of likely N-dealkylation sites (N-methyl/N-ethyl adjacent to an activating group) is 2. The van der Waals surface area contributed by atoms with Crippen molar-refractivity contribution in [1.82, 2.24) is 9.80 Å². The maximum atomic E-state index is 11.9. The minimum absolute atomic E-state index is 0.121. The molecule has 0 fully saturated rings. The fourth-order valence-corrected chi connectivity index (χ4v) is 1.78. The average molecular weight is 280 g/mol. The summed E-state index contributed by atoms with van der Waals surface area (Å²) in [6.45, 7) is 4.17. The van der Waals surface area contributed by atoms with Crippen molar-refractivity contribution in [2.45, 2.75) is 6.92 Å². The Morgan fingerprint density at radius 2 is 1.75 bits per heavy atom. The lowest BCUT2D eigenvalue weighted by atomic mass is 10.3. The summed E-state index contributed by atoms with van der Waals surface area (Å²) in [7, 11) is 5.41. The third-order valence-corrected chi connectivity index (χ3v) is 2.88. The fourth-order valence-electron chi connectivity index (χ4n) is 1.78. The highest BCUT2D eigenvalue weighted by molar-refractivity contribution is 5.78. The summed E-state index contributed by atoms with van der Waals surface area (Å²) in [5, 5.41) is 0. The van der Waals surface area contributed by atoms with Crippen LogP contribution in [0.4, 0.5) is 0 Å². The van der Waals surface area contributed by atoms with Gasteiger partial charge in [0.1, 0.15) is 18.1 Å². The van der Waals surface area contributed by atoms with Gasteiger partial charge in [0.25, 0.3) is 0 Å². The van der Waals surface area contributed by atoms with Gasteiger partial charge in [0.05, 0.1) is 20.2 Å². The van der Waals surface area contributed by atoms with E-state index in [0.717, 1.165) is 11.5 Å². The van der Waals surface area contributed by atoms with Crippen LogP contribution in [0.25, 0.3) is 0 Å². The Balaban J connectivity index is 2.38. The standard InChI is InChI=1S/C15H24N2O3/c1-5-17(15(18)12-16(2)3)10-11-20-14-8-6-13(19-4)7-9-14/h6-9H,5,10-12H2,1-4H3. The summed E-state index contributed by atoms with van der Waals surface area (Å²) in [4.78, 5) is 15.6. The molecule has 0 atom stereocenters. The molecule has 0 radical (unpaired) electrons. The SMILES string of the molecule is CCN(CCOc1ccc(OC)cc1)C(=O)CN(C)C. The number of benzene rings is 1. The van der Waals surface area contributed by atoms with E-state index in [0.29, 0.717) is 26.2 Å². The van der Waals surface area contributed by atoms with Crippen molar-refractivity contribution in [2.24, 2.45) is 0 Å². The maximum Gasteiger partial charge on any atom is 0.236 e. The molecule has 20 heavy (non-hydrogen) atoms. The zero-order chi connectivity index (χ0) is 15.0. The number of hydrogen-bond acceptors (Lipinski definition) is 4.